The van der Waals surface area contributed by atoms with Crippen molar-refractivity contribution in [2.45, 2.75) is 37.8 Å². The molecule has 3 heteroatoms. The summed E-state index contributed by atoms with van der Waals surface area (Å²) in [5, 5.41) is 10.4. The second-order valence-corrected chi connectivity index (χ2v) is 4.49. The first-order valence-electron chi connectivity index (χ1n) is 5.85. The molecule has 1 aliphatic carbocycles. The number of aliphatic hydroxyl groups is 1. The predicted octanol–water partition coefficient (Wildman–Crippen LogP) is 1.78. The minimum absolute atomic E-state index is 0.122. The summed E-state index contributed by atoms with van der Waals surface area (Å²) in [5.41, 5.74) is 6.06. The van der Waals surface area contributed by atoms with E-state index in [2.05, 4.69) is 0 Å². The second kappa shape index (κ2) is 4.44. The molecule has 3 N–H and O–H groups in total. The molecule has 1 fully saturated rings. The number of rotatable bonds is 3. The number of benzene rings is 1. The highest BCUT2D eigenvalue weighted by Gasteiger charge is 2.37. The maximum Gasteiger partial charge on any atom is 0.119 e. The quantitative estimate of drug-likeness (QED) is 0.818. The molecule has 0 saturated heterocycles. The summed E-state index contributed by atoms with van der Waals surface area (Å²) in [7, 11) is 0. The van der Waals surface area contributed by atoms with Crippen LogP contribution in [0.15, 0.2) is 24.3 Å². The van der Waals surface area contributed by atoms with Crippen molar-refractivity contribution < 1.29 is 9.84 Å². The smallest absolute Gasteiger partial charge is 0.119 e. The lowest BCUT2D eigenvalue weighted by atomic mass is 9.92. The summed E-state index contributed by atoms with van der Waals surface area (Å²) in [5.74, 6) is 0.845. The standard InChI is InChI=1S/C13H19NO2/c1-2-16-12-5-3-10(4-6-12)13(15)8-7-11(14)9-13/h3-6,11,15H,2,7-9,14H2,1H3. The van der Waals surface area contributed by atoms with Crippen LogP contribution in [0.25, 0.3) is 0 Å². The maximum atomic E-state index is 10.4. The Balaban J connectivity index is 2.15. The molecule has 88 valence electrons. The fourth-order valence-corrected chi connectivity index (χ4v) is 2.35. The molecule has 0 aromatic heterocycles. The summed E-state index contributed by atoms with van der Waals surface area (Å²) < 4.78 is 5.37. The Morgan fingerprint density at radius 3 is 2.62 bits per heavy atom. The van der Waals surface area contributed by atoms with E-state index < -0.39 is 5.60 Å². The SMILES string of the molecule is CCOc1ccc(C2(O)CCC(N)C2)cc1. The van der Waals surface area contributed by atoms with Crippen LogP contribution in [0.2, 0.25) is 0 Å². The van der Waals surface area contributed by atoms with Gasteiger partial charge in [-0.25, -0.2) is 0 Å². The topological polar surface area (TPSA) is 55.5 Å². The molecule has 0 aliphatic heterocycles. The maximum absolute atomic E-state index is 10.4. The van der Waals surface area contributed by atoms with Crippen molar-refractivity contribution in [1.82, 2.24) is 0 Å². The van der Waals surface area contributed by atoms with Crippen LogP contribution >= 0.6 is 0 Å². The number of ether oxygens (including phenoxy) is 1. The molecule has 2 unspecified atom stereocenters. The average Bonchev–Trinajstić information content (AvgIpc) is 2.61. The number of hydrogen-bond acceptors (Lipinski definition) is 3. The first-order chi connectivity index (χ1) is 7.64. The van der Waals surface area contributed by atoms with Crippen LogP contribution in [0.1, 0.15) is 31.7 Å². The van der Waals surface area contributed by atoms with Gasteiger partial charge in [0.05, 0.1) is 12.2 Å². The van der Waals surface area contributed by atoms with Crippen LogP contribution in [-0.2, 0) is 5.60 Å². The highest BCUT2D eigenvalue weighted by molar-refractivity contribution is 5.31. The molecule has 1 aromatic rings. The van der Waals surface area contributed by atoms with Crippen molar-refractivity contribution in [2.75, 3.05) is 6.61 Å². The lowest BCUT2D eigenvalue weighted by Gasteiger charge is -2.23. The van der Waals surface area contributed by atoms with E-state index in [1.54, 1.807) is 0 Å². The molecule has 1 saturated carbocycles. The summed E-state index contributed by atoms with van der Waals surface area (Å²) >= 11 is 0. The molecule has 2 atom stereocenters. The largest absolute Gasteiger partial charge is 0.494 e. The molecule has 0 radical (unpaired) electrons. The summed E-state index contributed by atoms with van der Waals surface area (Å²) in [6.07, 6.45) is 2.30. The number of hydrogen-bond donors (Lipinski definition) is 2. The van der Waals surface area contributed by atoms with Crippen LogP contribution < -0.4 is 10.5 Å². The first kappa shape index (κ1) is 11.4. The van der Waals surface area contributed by atoms with Gasteiger partial charge in [-0.3, -0.25) is 0 Å². The Hall–Kier alpha value is -1.06. The third-order valence-electron chi connectivity index (χ3n) is 3.23. The van der Waals surface area contributed by atoms with Crippen LogP contribution in [0.4, 0.5) is 0 Å². The van der Waals surface area contributed by atoms with Crippen molar-refractivity contribution in [2.24, 2.45) is 5.73 Å². The fraction of sp³-hybridized carbons (Fsp3) is 0.538. The van der Waals surface area contributed by atoms with E-state index in [4.69, 9.17) is 10.5 Å². The minimum atomic E-state index is -0.732. The lowest BCUT2D eigenvalue weighted by molar-refractivity contribution is 0.0430. The van der Waals surface area contributed by atoms with Gasteiger partial charge in [0, 0.05) is 6.04 Å². The Kier molecular flexibility index (Phi) is 3.17. The van der Waals surface area contributed by atoms with Gasteiger partial charge in [0.2, 0.25) is 0 Å². The van der Waals surface area contributed by atoms with Crippen molar-refractivity contribution in [3.63, 3.8) is 0 Å². The molecule has 1 aliphatic rings. The summed E-state index contributed by atoms with van der Waals surface area (Å²) in [4.78, 5) is 0. The highest BCUT2D eigenvalue weighted by Crippen LogP contribution is 2.38. The van der Waals surface area contributed by atoms with Crippen molar-refractivity contribution in [1.29, 1.82) is 0 Å². The molecule has 0 bridgehead atoms. The third kappa shape index (κ3) is 2.20. The molecule has 0 amide bonds. The Bertz CT molecular complexity index is 349. The van der Waals surface area contributed by atoms with Crippen LogP contribution in [0.5, 0.6) is 5.75 Å². The van der Waals surface area contributed by atoms with Gasteiger partial charge in [-0.2, -0.15) is 0 Å². The summed E-state index contributed by atoms with van der Waals surface area (Å²) in [6.45, 7) is 2.62. The molecule has 16 heavy (non-hydrogen) atoms. The zero-order valence-electron chi connectivity index (χ0n) is 9.65. The molecule has 0 spiro atoms. The van der Waals surface area contributed by atoms with Crippen molar-refractivity contribution in [3.8, 4) is 5.75 Å². The van der Waals surface area contributed by atoms with Gasteiger partial charge in [0.15, 0.2) is 0 Å². The Morgan fingerprint density at radius 1 is 1.44 bits per heavy atom. The summed E-state index contributed by atoms with van der Waals surface area (Å²) in [6, 6.07) is 7.80. The van der Waals surface area contributed by atoms with Gasteiger partial charge < -0.3 is 15.6 Å². The van der Waals surface area contributed by atoms with Gasteiger partial charge in [-0.1, -0.05) is 12.1 Å². The Labute approximate surface area is 96.2 Å². The zero-order valence-corrected chi connectivity index (χ0v) is 9.65. The molecule has 2 rings (SSSR count). The van der Waals surface area contributed by atoms with Crippen molar-refractivity contribution in [3.05, 3.63) is 29.8 Å². The molecule has 0 heterocycles. The Morgan fingerprint density at radius 2 is 2.12 bits per heavy atom. The van der Waals surface area contributed by atoms with Crippen LogP contribution in [0.3, 0.4) is 0 Å². The van der Waals surface area contributed by atoms with Crippen LogP contribution in [0, 0.1) is 0 Å². The van der Waals surface area contributed by atoms with Crippen LogP contribution in [-0.4, -0.2) is 17.8 Å². The average molecular weight is 221 g/mol. The van der Waals surface area contributed by atoms with Gasteiger partial charge in [-0.15, -0.1) is 0 Å². The number of nitrogens with two attached hydrogens (primary N) is 1. The zero-order chi connectivity index (χ0) is 11.6. The molecular weight excluding hydrogens is 202 g/mol. The van der Waals surface area contributed by atoms with Gasteiger partial charge >= 0.3 is 0 Å². The fourth-order valence-electron chi connectivity index (χ4n) is 2.35. The second-order valence-electron chi connectivity index (χ2n) is 4.49. The van der Waals surface area contributed by atoms with Crippen molar-refractivity contribution >= 4 is 0 Å². The van der Waals surface area contributed by atoms with E-state index in [-0.39, 0.29) is 6.04 Å². The normalized spacial score (nSPS) is 29.3. The van der Waals surface area contributed by atoms with E-state index in [0.29, 0.717) is 13.0 Å². The first-order valence-corrected chi connectivity index (χ1v) is 5.85. The third-order valence-corrected chi connectivity index (χ3v) is 3.23. The molecule has 1 aromatic carbocycles. The van der Waals surface area contributed by atoms with E-state index in [1.165, 1.54) is 0 Å². The van der Waals surface area contributed by atoms with E-state index in [9.17, 15) is 5.11 Å². The van der Waals surface area contributed by atoms with Gasteiger partial charge in [0.1, 0.15) is 5.75 Å². The minimum Gasteiger partial charge on any atom is -0.494 e. The molecule has 3 nitrogen and oxygen atoms in total. The van der Waals surface area contributed by atoms with Gasteiger partial charge in [0.25, 0.3) is 0 Å². The molecular formula is C13H19NO2. The lowest BCUT2D eigenvalue weighted by Crippen LogP contribution is -2.25. The van der Waals surface area contributed by atoms with E-state index in [0.717, 1.165) is 24.2 Å². The predicted molar refractivity (Wildman–Crippen MR) is 63.3 cm³/mol. The van der Waals surface area contributed by atoms with E-state index >= 15 is 0 Å². The monoisotopic (exact) mass is 221 g/mol. The van der Waals surface area contributed by atoms with E-state index in [1.807, 2.05) is 31.2 Å². The van der Waals surface area contributed by atoms with Gasteiger partial charge in [-0.05, 0) is 43.9 Å². The highest BCUT2D eigenvalue weighted by atomic mass is 16.5.